The lowest BCUT2D eigenvalue weighted by Gasteiger charge is -2.00. The summed E-state index contributed by atoms with van der Waals surface area (Å²) < 4.78 is 6.26. The van der Waals surface area contributed by atoms with Gasteiger partial charge >= 0.3 is 5.97 Å². The Hall–Kier alpha value is -2.47. The van der Waals surface area contributed by atoms with Gasteiger partial charge in [-0.15, -0.1) is 0 Å². The largest absolute Gasteiger partial charge is 0.465 e. The van der Waals surface area contributed by atoms with Gasteiger partial charge in [0.25, 0.3) is 5.56 Å². The van der Waals surface area contributed by atoms with E-state index in [1.54, 1.807) is 13.1 Å². The van der Waals surface area contributed by atoms with Crippen LogP contribution in [-0.2, 0) is 16.1 Å². The van der Waals surface area contributed by atoms with Gasteiger partial charge in [-0.1, -0.05) is 30.3 Å². The van der Waals surface area contributed by atoms with Crippen molar-refractivity contribution < 1.29 is 9.53 Å². The van der Waals surface area contributed by atoms with Gasteiger partial charge < -0.3 is 4.74 Å². The van der Waals surface area contributed by atoms with E-state index in [2.05, 4.69) is 4.98 Å². The SMILES string of the molecule is CCOC(=O)Cn1sc2ncc(-c3ccccc3)cc2c1=O. The smallest absolute Gasteiger partial charge is 0.327 e. The molecule has 3 rings (SSSR count). The van der Waals surface area contributed by atoms with Gasteiger partial charge in [0.05, 0.1) is 12.0 Å². The molecule has 0 bridgehead atoms. The molecule has 0 aliphatic rings. The molecule has 0 saturated heterocycles. The number of rotatable bonds is 4. The van der Waals surface area contributed by atoms with Crippen molar-refractivity contribution in [3.63, 3.8) is 0 Å². The fourth-order valence-corrected chi connectivity index (χ4v) is 3.08. The van der Waals surface area contributed by atoms with Crippen molar-refractivity contribution in [2.75, 3.05) is 6.61 Å². The molecule has 22 heavy (non-hydrogen) atoms. The fraction of sp³-hybridized carbons (Fsp3) is 0.188. The molecule has 3 aromatic rings. The molecule has 2 aromatic heterocycles. The highest BCUT2D eigenvalue weighted by Gasteiger charge is 2.13. The normalized spacial score (nSPS) is 10.8. The molecule has 0 aliphatic carbocycles. The summed E-state index contributed by atoms with van der Waals surface area (Å²) in [6.07, 6.45) is 1.74. The number of esters is 1. The van der Waals surface area contributed by atoms with Crippen LogP contribution in [0.1, 0.15) is 6.92 Å². The van der Waals surface area contributed by atoms with Gasteiger partial charge in [-0.05, 0) is 30.1 Å². The molecule has 1 aromatic carbocycles. The van der Waals surface area contributed by atoms with Crippen molar-refractivity contribution in [1.29, 1.82) is 0 Å². The first-order valence-corrected chi connectivity index (χ1v) is 7.67. The highest BCUT2D eigenvalue weighted by atomic mass is 32.1. The van der Waals surface area contributed by atoms with Crippen LogP contribution in [-0.4, -0.2) is 21.5 Å². The average molecular weight is 314 g/mol. The summed E-state index contributed by atoms with van der Waals surface area (Å²) in [4.78, 5) is 28.9. The van der Waals surface area contributed by atoms with Gasteiger partial charge in [-0.25, -0.2) is 4.98 Å². The number of pyridine rings is 1. The van der Waals surface area contributed by atoms with Crippen molar-refractivity contribution in [3.8, 4) is 11.1 Å². The standard InChI is InChI=1S/C16H14N2O3S/c1-2-21-14(19)10-18-16(20)13-8-12(9-17-15(13)22-18)11-6-4-3-5-7-11/h3-9H,2,10H2,1H3. The van der Waals surface area contributed by atoms with E-state index in [1.165, 1.54) is 15.5 Å². The molecule has 6 heteroatoms. The van der Waals surface area contributed by atoms with E-state index >= 15 is 0 Å². The van der Waals surface area contributed by atoms with E-state index in [1.807, 2.05) is 36.4 Å². The monoisotopic (exact) mass is 314 g/mol. The minimum Gasteiger partial charge on any atom is -0.465 e. The Morgan fingerprint density at radius 2 is 2.05 bits per heavy atom. The average Bonchev–Trinajstić information content (AvgIpc) is 2.84. The quantitative estimate of drug-likeness (QED) is 0.695. The van der Waals surface area contributed by atoms with Crippen molar-refractivity contribution >= 4 is 27.7 Å². The topological polar surface area (TPSA) is 61.2 Å². The molecule has 0 amide bonds. The third-order valence-electron chi connectivity index (χ3n) is 3.19. The van der Waals surface area contributed by atoms with Gasteiger partial charge in [0, 0.05) is 11.8 Å². The first kappa shape index (κ1) is 14.5. The zero-order valence-electron chi connectivity index (χ0n) is 12.0. The van der Waals surface area contributed by atoms with Crippen molar-refractivity contribution in [1.82, 2.24) is 8.94 Å². The number of hydrogen-bond acceptors (Lipinski definition) is 5. The summed E-state index contributed by atoms with van der Waals surface area (Å²) in [6.45, 7) is 1.96. The zero-order chi connectivity index (χ0) is 15.5. The van der Waals surface area contributed by atoms with Crippen LogP contribution < -0.4 is 5.56 Å². The molecule has 0 N–H and O–H groups in total. The van der Waals surface area contributed by atoms with Gasteiger partial charge in [0.1, 0.15) is 11.4 Å². The van der Waals surface area contributed by atoms with Crippen LogP contribution in [0.25, 0.3) is 21.3 Å². The molecule has 0 radical (unpaired) electrons. The molecular formula is C16H14N2O3S. The molecule has 0 spiro atoms. The van der Waals surface area contributed by atoms with E-state index in [0.29, 0.717) is 16.8 Å². The Morgan fingerprint density at radius 1 is 1.27 bits per heavy atom. The first-order valence-electron chi connectivity index (χ1n) is 6.90. The Labute approximate surface area is 130 Å². The van der Waals surface area contributed by atoms with Crippen molar-refractivity contribution in [2.24, 2.45) is 0 Å². The van der Waals surface area contributed by atoms with Gasteiger partial charge in [0.2, 0.25) is 0 Å². The summed E-state index contributed by atoms with van der Waals surface area (Å²) in [5, 5.41) is 0.524. The van der Waals surface area contributed by atoms with Crippen LogP contribution in [0.3, 0.4) is 0 Å². The summed E-state index contributed by atoms with van der Waals surface area (Å²) in [5.41, 5.74) is 1.67. The second-order valence-corrected chi connectivity index (χ2v) is 5.69. The minimum absolute atomic E-state index is 0.0750. The summed E-state index contributed by atoms with van der Waals surface area (Å²) in [7, 11) is 0. The van der Waals surface area contributed by atoms with E-state index in [0.717, 1.165) is 11.1 Å². The lowest BCUT2D eigenvalue weighted by molar-refractivity contribution is -0.143. The number of aromatic nitrogens is 2. The van der Waals surface area contributed by atoms with Crippen LogP contribution >= 0.6 is 11.5 Å². The van der Waals surface area contributed by atoms with Gasteiger partial charge in [0.15, 0.2) is 0 Å². The minimum atomic E-state index is -0.417. The second kappa shape index (κ2) is 6.11. The predicted molar refractivity (Wildman–Crippen MR) is 85.9 cm³/mol. The third kappa shape index (κ3) is 2.78. The number of benzene rings is 1. The Kier molecular flexibility index (Phi) is 4.02. The Balaban J connectivity index is 2.01. The lowest BCUT2D eigenvalue weighted by atomic mass is 10.1. The lowest BCUT2D eigenvalue weighted by Crippen LogP contribution is -2.20. The number of hydrogen-bond donors (Lipinski definition) is 0. The third-order valence-corrected chi connectivity index (χ3v) is 4.20. The second-order valence-electron chi connectivity index (χ2n) is 4.68. The van der Waals surface area contributed by atoms with Crippen molar-refractivity contribution in [3.05, 3.63) is 52.9 Å². The number of nitrogens with zero attached hydrogens (tertiary/aromatic N) is 2. The number of ether oxygens (including phenoxy) is 1. The molecule has 0 unspecified atom stereocenters. The van der Waals surface area contributed by atoms with Crippen LogP contribution in [0.5, 0.6) is 0 Å². The predicted octanol–water partition coefficient (Wildman–Crippen LogP) is 2.69. The maximum atomic E-state index is 12.4. The van der Waals surface area contributed by atoms with Gasteiger partial charge in [-0.2, -0.15) is 0 Å². The Bertz CT molecular complexity index is 868. The highest BCUT2D eigenvalue weighted by molar-refractivity contribution is 7.13. The maximum absolute atomic E-state index is 12.4. The van der Waals surface area contributed by atoms with E-state index in [4.69, 9.17) is 4.74 Å². The van der Waals surface area contributed by atoms with Crippen LogP contribution in [0.15, 0.2) is 47.4 Å². The molecule has 5 nitrogen and oxygen atoms in total. The highest BCUT2D eigenvalue weighted by Crippen LogP contribution is 2.23. The molecule has 0 fully saturated rings. The van der Waals surface area contributed by atoms with Crippen molar-refractivity contribution in [2.45, 2.75) is 13.5 Å². The number of carbonyl (C=O) groups is 1. The number of fused-ring (bicyclic) bond motifs is 1. The van der Waals surface area contributed by atoms with E-state index < -0.39 is 5.97 Å². The number of carbonyl (C=O) groups excluding carboxylic acids is 1. The van der Waals surface area contributed by atoms with Crippen LogP contribution in [0, 0.1) is 0 Å². The summed E-state index contributed by atoms with van der Waals surface area (Å²) in [5.74, 6) is -0.417. The molecule has 0 saturated carbocycles. The van der Waals surface area contributed by atoms with E-state index in [9.17, 15) is 9.59 Å². The molecule has 2 heterocycles. The van der Waals surface area contributed by atoms with Crippen LogP contribution in [0.4, 0.5) is 0 Å². The molecule has 112 valence electrons. The molecular weight excluding hydrogens is 300 g/mol. The molecule has 0 atom stereocenters. The maximum Gasteiger partial charge on any atom is 0.327 e. The Morgan fingerprint density at radius 3 is 2.77 bits per heavy atom. The molecule has 0 aliphatic heterocycles. The van der Waals surface area contributed by atoms with E-state index in [-0.39, 0.29) is 12.1 Å². The summed E-state index contributed by atoms with van der Waals surface area (Å²) >= 11 is 1.17. The fourth-order valence-electron chi connectivity index (χ4n) is 2.17. The summed E-state index contributed by atoms with van der Waals surface area (Å²) in [6, 6.07) is 11.6. The zero-order valence-corrected chi connectivity index (χ0v) is 12.8. The first-order chi connectivity index (χ1) is 10.7. The van der Waals surface area contributed by atoms with Gasteiger partial charge in [-0.3, -0.25) is 13.5 Å². The van der Waals surface area contributed by atoms with Crippen LogP contribution in [0.2, 0.25) is 0 Å².